The fourth-order valence-electron chi connectivity index (χ4n) is 3.22. The number of carbonyl (C=O) groups excluding carboxylic acids is 1. The Morgan fingerprint density at radius 3 is 2.45 bits per heavy atom. The van der Waals surface area contributed by atoms with Crippen LogP contribution in [-0.2, 0) is 6.54 Å². The molecule has 0 amide bonds. The molecule has 4 nitrogen and oxygen atoms in total. The van der Waals surface area contributed by atoms with Crippen LogP contribution in [0.2, 0.25) is 0 Å². The SMILES string of the molecule is CC(C)c1ccc(-c2csc3ncn(CC(=O)c4ccc(Br)cc4)c(=O)c23)cc1. The number of fused-ring (bicyclic) bond motifs is 1. The monoisotopic (exact) mass is 466 g/mol. The fraction of sp³-hybridized carbons (Fsp3) is 0.174. The molecule has 2 heterocycles. The Kier molecular flexibility index (Phi) is 5.48. The summed E-state index contributed by atoms with van der Waals surface area (Å²) in [5.41, 5.74) is 3.48. The molecular formula is C23H19BrN2O2S. The van der Waals surface area contributed by atoms with E-state index in [1.54, 1.807) is 12.1 Å². The number of thiophene rings is 1. The van der Waals surface area contributed by atoms with Crippen molar-refractivity contribution in [3.05, 3.63) is 86.2 Å². The Bertz CT molecular complexity index is 1240. The van der Waals surface area contributed by atoms with E-state index in [2.05, 4.69) is 46.9 Å². The van der Waals surface area contributed by atoms with Crippen molar-refractivity contribution in [1.29, 1.82) is 0 Å². The Labute approximate surface area is 181 Å². The van der Waals surface area contributed by atoms with Gasteiger partial charge in [-0.3, -0.25) is 14.2 Å². The van der Waals surface area contributed by atoms with E-state index in [1.807, 2.05) is 29.6 Å². The number of rotatable bonds is 5. The quantitative estimate of drug-likeness (QED) is 0.344. The molecule has 29 heavy (non-hydrogen) atoms. The first kappa shape index (κ1) is 19.7. The molecule has 0 aliphatic rings. The lowest BCUT2D eigenvalue weighted by molar-refractivity contribution is 0.0970. The van der Waals surface area contributed by atoms with Gasteiger partial charge in [0.1, 0.15) is 4.83 Å². The van der Waals surface area contributed by atoms with Crippen molar-refractivity contribution in [1.82, 2.24) is 9.55 Å². The maximum Gasteiger partial charge on any atom is 0.263 e. The van der Waals surface area contributed by atoms with Gasteiger partial charge in [0.15, 0.2) is 5.78 Å². The highest BCUT2D eigenvalue weighted by Gasteiger charge is 2.15. The van der Waals surface area contributed by atoms with Crippen LogP contribution in [0, 0.1) is 0 Å². The third kappa shape index (κ3) is 3.95. The summed E-state index contributed by atoms with van der Waals surface area (Å²) in [6.07, 6.45) is 1.46. The summed E-state index contributed by atoms with van der Waals surface area (Å²) in [5.74, 6) is 0.325. The fourth-order valence-corrected chi connectivity index (χ4v) is 4.39. The zero-order valence-corrected chi connectivity index (χ0v) is 18.5. The predicted molar refractivity (Wildman–Crippen MR) is 122 cm³/mol. The van der Waals surface area contributed by atoms with Crippen LogP contribution in [0.25, 0.3) is 21.3 Å². The molecule has 2 aromatic heterocycles. The first-order valence-electron chi connectivity index (χ1n) is 9.30. The molecule has 2 aromatic carbocycles. The zero-order valence-electron chi connectivity index (χ0n) is 16.1. The lowest BCUT2D eigenvalue weighted by atomic mass is 9.99. The van der Waals surface area contributed by atoms with E-state index in [0.29, 0.717) is 21.7 Å². The molecular weight excluding hydrogens is 448 g/mol. The molecule has 0 bridgehead atoms. The summed E-state index contributed by atoms with van der Waals surface area (Å²) in [6.45, 7) is 4.27. The molecule has 146 valence electrons. The van der Waals surface area contributed by atoms with Gasteiger partial charge in [-0.25, -0.2) is 4.98 Å². The Hall–Kier alpha value is -2.57. The molecule has 4 rings (SSSR count). The average molecular weight is 467 g/mol. The molecule has 0 aliphatic heterocycles. The van der Waals surface area contributed by atoms with E-state index in [0.717, 1.165) is 15.6 Å². The number of hydrogen-bond acceptors (Lipinski definition) is 4. The molecule has 6 heteroatoms. The topological polar surface area (TPSA) is 52.0 Å². The van der Waals surface area contributed by atoms with E-state index < -0.39 is 0 Å². The number of ketones is 1. The summed E-state index contributed by atoms with van der Waals surface area (Å²) >= 11 is 4.81. The number of aromatic nitrogens is 2. The number of nitrogens with zero attached hydrogens (tertiary/aromatic N) is 2. The van der Waals surface area contributed by atoms with Crippen LogP contribution in [0.1, 0.15) is 35.7 Å². The maximum atomic E-state index is 13.1. The first-order valence-corrected chi connectivity index (χ1v) is 11.0. The van der Waals surface area contributed by atoms with Crippen molar-refractivity contribution >= 4 is 43.3 Å². The second kappa shape index (κ2) is 8.05. The van der Waals surface area contributed by atoms with Gasteiger partial charge in [-0.2, -0.15) is 0 Å². The van der Waals surface area contributed by atoms with E-state index in [4.69, 9.17) is 0 Å². The number of Topliss-reactive ketones (excluding diaryl/α,β-unsaturated/α-hetero) is 1. The lowest BCUT2D eigenvalue weighted by Crippen LogP contribution is -2.24. The maximum absolute atomic E-state index is 13.1. The first-order chi connectivity index (χ1) is 13.9. The molecule has 0 saturated heterocycles. The van der Waals surface area contributed by atoms with Crippen molar-refractivity contribution in [3.8, 4) is 11.1 Å². The van der Waals surface area contributed by atoms with Gasteiger partial charge < -0.3 is 0 Å². The van der Waals surface area contributed by atoms with Crippen LogP contribution >= 0.6 is 27.3 Å². The van der Waals surface area contributed by atoms with Gasteiger partial charge in [0.2, 0.25) is 0 Å². The summed E-state index contributed by atoms with van der Waals surface area (Å²) < 4.78 is 2.30. The second-order valence-corrected chi connectivity index (χ2v) is 8.99. The third-order valence-electron chi connectivity index (χ3n) is 4.93. The highest BCUT2D eigenvalue weighted by atomic mass is 79.9. The van der Waals surface area contributed by atoms with Gasteiger partial charge in [-0.05, 0) is 29.2 Å². The molecule has 0 radical (unpaired) electrons. The van der Waals surface area contributed by atoms with Crippen LogP contribution in [0.3, 0.4) is 0 Å². The number of benzene rings is 2. The van der Waals surface area contributed by atoms with E-state index >= 15 is 0 Å². The van der Waals surface area contributed by atoms with Crippen molar-refractivity contribution in [2.75, 3.05) is 0 Å². The van der Waals surface area contributed by atoms with Crippen molar-refractivity contribution < 1.29 is 4.79 Å². The van der Waals surface area contributed by atoms with Gasteiger partial charge in [0.05, 0.1) is 18.3 Å². The normalized spacial score (nSPS) is 11.3. The minimum Gasteiger partial charge on any atom is -0.292 e. The molecule has 0 N–H and O–H groups in total. The minimum absolute atomic E-state index is 0.0367. The Morgan fingerprint density at radius 1 is 1.10 bits per heavy atom. The second-order valence-electron chi connectivity index (χ2n) is 7.21. The van der Waals surface area contributed by atoms with Crippen LogP contribution in [-0.4, -0.2) is 15.3 Å². The third-order valence-corrected chi connectivity index (χ3v) is 6.34. The van der Waals surface area contributed by atoms with Crippen molar-refractivity contribution in [2.45, 2.75) is 26.3 Å². The molecule has 4 aromatic rings. The van der Waals surface area contributed by atoms with E-state index in [9.17, 15) is 9.59 Å². The molecule has 0 fully saturated rings. The van der Waals surface area contributed by atoms with Gasteiger partial charge in [0, 0.05) is 21.0 Å². The molecule has 0 spiro atoms. The van der Waals surface area contributed by atoms with Crippen LogP contribution < -0.4 is 5.56 Å². The van der Waals surface area contributed by atoms with Crippen LogP contribution in [0.4, 0.5) is 0 Å². The van der Waals surface area contributed by atoms with Crippen LogP contribution in [0.15, 0.2) is 69.5 Å². The van der Waals surface area contributed by atoms with E-state index in [1.165, 1.54) is 27.8 Å². The highest BCUT2D eigenvalue weighted by molar-refractivity contribution is 9.10. The van der Waals surface area contributed by atoms with Gasteiger partial charge in [-0.1, -0.05) is 66.2 Å². The summed E-state index contributed by atoms with van der Waals surface area (Å²) in [4.78, 5) is 30.9. The zero-order chi connectivity index (χ0) is 20.5. The number of hydrogen-bond donors (Lipinski definition) is 0. The highest BCUT2D eigenvalue weighted by Crippen LogP contribution is 2.31. The molecule has 0 saturated carbocycles. The van der Waals surface area contributed by atoms with Gasteiger partial charge in [0.25, 0.3) is 5.56 Å². The summed E-state index contributed by atoms with van der Waals surface area (Å²) in [7, 11) is 0. The standard InChI is InChI=1S/C23H19BrN2O2S/c1-14(2)15-3-5-16(6-4-15)19-12-29-22-21(19)23(28)26(13-25-22)11-20(27)17-7-9-18(24)10-8-17/h3-10,12-14H,11H2,1-2H3. The average Bonchev–Trinajstić information content (AvgIpc) is 3.15. The molecule has 0 aliphatic carbocycles. The Balaban J connectivity index is 1.71. The number of carbonyl (C=O) groups is 1. The Morgan fingerprint density at radius 2 is 1.79 bits per heavy atom. The smallest absolute Gasteiger partial charge is 0.263 e. The van der Waals surface area contributed by atoms with E-state index in [-0.39, 0.29) is 17.9 Å². The minimum atomic E-state index is -0.190. The molecule has 0 atom stereocenters. The van der Waals surface area contributed by atoms with Crippen molar-refractivity contribution in [2.24, 2.45) is 0 Å². The number of halogens is 1. The predicted octanol–water partition coefficient (Wildman–Crippen LogP) is 5.89. The van der Waals surface area contributed by atoms with Gasteiger partial charge in [-0.15, -0.1) is 11.3 Å². The largest absolute Gasteiger partial charge is 0.292 e. The lowest BCUT2D eigenvalue weighted by Gasteiger charge is -2.08. The van der Waals surface area contributed by atoms with Crippen LogP contribution in [0.5, 0.6) is 0 Å². The summed E-state index contributed by atoms with van der Waals surface area (Å²) in [5, 5.41) is 2.53. The van der Waals surface area contributed by atoms with Crippen molar-refractivity contribution in [3.63, 3.8) is 0 Å². The summed E-state index contributed by atoms with van der Waals surface area (Å²) in [6, 6.07) is 15.4. The van der Waals surface area contributed by atoms with Gasteiger partial charge >= 0.3 is 0 Å². The molecule has 0 unspecified atom stereocenters.